The van der Waals surface area contributed by atoms with Gasteiger partial charge in [0, 0.05) is 25.6 Å². The number of nitrogens with one attached hydrogen (secondary N) is 1. The molecule has 4 nitrogen and oxygen atoms in total. The Morgan fingerprint density at radius 2 is 2.43 bits per heavy atom. The number of aliphatic hydroxyl groups excluding tert-OH is 1. The van der Waals surface area contributed by atoms with Crippen molar-refractivity contribution >= 4 is 5.91 Å². The van der Waals surface area contributed by atoms with Crippen LogP contribution in [-0.4, -0.2) is 48.7 Å². The molecule has 1 amide bonds. The molecule has 0 bridgehead atoms. The summed E-state index contributed by atoms with van der Waals surface area (Å²) in [5, 5.41) is 12.4. The molecule has 1 saturated heterocycles. The molecule has 0 saturated carbocycles. The van der Waals surface area contributed by atoms with Crippen LogP contribution in [0, 0.1) is 5.92 Å². The Balaban J connectivity index is 2.42. The Morgan fingerprint density at radius 1 is 1.71 bits per heavy atom. The molecule has 0 aromatic heterocycles. The SMILES string of the molecule is CNCC(C)C(=O)N1CCC[C@H](O)C1. The second-order valence-corrected chi connectivity index (χ2v) is 4.04. The summed E-state index contributed by atoms with van der Waals surface area (Å²) in [6.07, 6.45) is 1.41. The topological polar surface area (TPSA) is 52.6 Å². The first-order chi connectivity index (χ1) is 6.65. The van der Waals surface area contributed by atoms with Crippen molar-refractivity contribution in [3.8, 4) is 0 Å². The molecule has 4 heteroatoms. The van der Waals surface area contributed by atoms with Crippen LogP contribution in [0.2, 0.25) is 0 Å². The molecule has 1 fully saturated rings. The molecule has 1 aliphatic heterocycles. The van der Waals surface area contributed by atoms with Gasteiger partial charge in [0.25, 0.3) is 0 Å². The van der Waals surface area contributed by atoms with Crippen molar-refractivity contribution in [3.63, 3.8) is 0 Å². The van der Waals surface area contributed by atoms with E-state index in [2.05, 4.69) is 5.32 Å². The van der Waals surface area contributed by atoms with E-state index in [1.165, 1.54) is 0 Å². The van der Waals surface area contributed by atoms with Crippen LogP contribution < -0.4 is 5.32 Å². The number of amides is 1. The highest BCUT2D eigenvalue weighted by Crippen LogP contribution is 2.12. The second-order valence-electron chi connectivity index (χ2n) is 4.04. The summed E-state index contributed by atoms with van der Waals surface area (Å²) < 4.78 is 0. The average Bonchev–Trinajstić information content (AvgIpc) is 2.17. The number of rotatable bonds is 3. The zero-order valence-corrected chi connectivity index (χ0v) is 8.99. The summed E-state index contributed by atoms with van der Waals surface area (Å²) in [4.78, 5) is 13.6. The summed E-state index contributed by atoms with van der Waals surface area (Å²) >= 11 is 0. The van der Waals surface area contributed by atoms with E-state index in [0.29, 0.717) is 13.1 Å². The molecular weight excluding hydrogens is 180 g/mol. The highest BCUT2D eigenvalue weighted by atomic mass is 16.3. The molecule has 0 aliphatic carbocycles. The number of β-amino-alcohol motifs (C(OH)–C–C–N with tert-alkyl or cyclic N) is 1. The maximum absolute atomic E-state index is 11.8. The summed E-state index contributed by atoms with van der Waals surface area (Å²) in [6, 6.07) is 0. The van der Waals surface area contributed by atoms with E-state index < -0.39 is 0 Å². The van der Waals surface area contributed by atoms with Gasteiger partial charge in [-0.1, -0.05) is 6.92 Å². The van der Waals surface area contributed by atoms with Crippen molar-refractivity contribution in [3.05, 3.63) is 0 Å². The van der Waals surface area contributed by atoms with E-state index in [0.717, 1.165) is 19.4 Å². The molecule has 0 aromatic rings. The van der Waals surface area contributed by atoms with Gasteiger partial charge >= 0.3 is 0 Å². The minimum Gasteiger partial charge on any atom is -0.391 e. The van der Waals surface area contributed by atoms with Crippen LogP contribution in [0.3, 0.4) is 0 Å². The summed E-state index contributed by atoms with van der Waals surface area (Å²) in [5.74, 6) is 0.156. The smallest absolute Gasteiger partial charge is 0.226 e. The highest BCUT2D eigenvalue weighted by molar-refractivity contribution is 5.78. The third-order valence-corrected chi connectivity index (χ3v) is 2.64. The summed E-state index contributed by atoms with van der Waals surface area (Å²) in [7, 11) is 1.84. The number of carbonyl (C=O) groups is 1. The van der Waals surface area contributed by atoms with Crippen LogP contribution >= 0.6 is 0 Å². The third kappa shape index (κ3) is 2.96. The van der Waals surface area contributed by atoms with Crippen LogP contribution in [0.4, 0.5) is 0 Å². The average molecular weight is 200 g/mol. The van der Waals surface area contributed by atoms with Crippen LogP contribution in [-0.2, 0) is 4.79 Å². The van der Waals surface area contributed by atoms with Gasteiger partial charge in [-0.3, -0.25) is 4.79 Å². The van der Waals surface area contributed by atoms with Gasteiger partial charge in [0.05, 0.1) is 6.10 Å². The molecule has 2 atom stereocenters. The number of aliphatic hydroxyl groups is 1. The van der Waals surface area contributed by atoms with Crippen LogP contribution in [0.15, 0.2) is 0 Å². The Morgan fingerprint density at radius 3 is 3.00 bits per heavy atom. The Kier molecular flexibility index (Phi) is 4.35. The molecule has 14 heavy (non-hydrogen) atoms. The van der Waals surface area contributed by atoms with Crippen LogP contribution in [0.1, 0.15) is 19.8 Å². The van der Waals surface area contributed by atoms with Crippen molar-refractivity contribution in [2.24, 2.45) is 5.92 Å². The van der Waals surface area contributed by atoms with Gasteiger partial charge in [0.15, 0.2) is 0 Å². The number of hydrogen-bond acceptors (Lipinski definition) is 3. The van der Waals surface area contributed by atoms with Crippen molar-refractivity contribution in [1.29, 1.82) is 0 Å². The first kappa shape index (κ1) is 11.5. The van der Waals surface area contributed by atoms with Gasteiger partial charge < -0.3 is 15.3 Å². The van der Waals surface area contributed by atoms with Crippen molar-refractivity contribution in [2.45, 2.75) is 25.9 Å². The molecule has 1 unspecified atom stereocenters. The van der Waals surface area contributed by atoms with Gasteiger partial charge in [0.1, 0.15) is 0 Å². The van der Waals surface area contributed by atoms with E-state index in [1.54, 1.807) is 4.90 Å². The lowest BCUT2D eigenvalue weighted by atomic mass is 10.1. The number of hydrogen-bond donors (Lipinski definition) is 2. The fourth-order valence-electron chi connectivity index (χ4n) is 1.86. The number of piperidine rings is 1. The molecule has 2 N–H and O–H groups in total. The Labute approximate surface area is 85.3 Å². The lowest BCUT2D eigenvalue weighted by Crippen LogP contribution is -2.45. The largest absolute Gasteiger partial charge is 0.391 e. The molecule has 1 aliphatic rings. The zero-order chi connectivity index (χ0) is 10.6. The van der Waals surface area contributed by atoms with Crippen LogP contribution in [0.25, 0.3) is 0 Å². The monoisotopic (exact) mass is 200 g/mol. The summed E-state index contributed by atoms with van der Waals surface area (Å²) in [5.41, 5.74) is 0. The van der Waals surface area contributed by atoms with Gasteiger partial charge in [-0.15, -0.1) is 0 Å². The first-order valence-electron chi connectivity index (χ1n) is 5.26. The predicted molar refractivity (Wildman–Crippen MR) is 54.9 cm³/mol. The highest BCUT2D eigenvalue weighted by Gasteiger charge is 2.25. The maximum atomic E-state index is 11.8. The normalized spacial score (nSPS) is 24.8. The van der Waals surface area contributed by atoms with Crippen molar-refractivity contribution in [1.82, 2.24) is 10.2 Å². The van der Waals surface area contributed by atoms with E-state index in [1.807, 2.05) is 14.0 Å². The number of carbonyl (C=O) groups excluding carboxylic acids is 1. The van der Waals surface area contributed by atoms with Crippen molar-refractivity contribution in [2.75, 3.05) is 26.7 Å². The minimum absolute atomic E-state index is 0.00491. The van der Waals surface area contributed by atoms with Gasteiger partial charge in [-0.25, -0.2) is 0 Å². The molecule has 1 rings (SSSR count). The molecule has 0 aromatic carbocycles. The first-order valence-corrected chi connectivity index (χ1v) is 5.26. The summed E-state index contributed by atoms with van der Waals surface area (Å²) in [6.45, 7) is 3.92. The lowest BCUT2D eigenvalue weighted by molar-refractivity contribution is -0.137. The standard InChI is InChI=1S/C10H20N2O2/c1-8(6-11-2)10(14)12-5-3-4-9(13)7-12/h8-9,11,13H,3-7H2,1-2H3/t8?,9-/m0/s1. The quantitative estimate of drug-likeness (QED) is 0.665. The van der Waals surface area contributed by atoms with Gasteiger partial charge in [0.2, 0.25) is 5.91 Å². The molecule has 0 spiro atoms. The van der Waals surface area contributed by atoms with Crippen molar-refractivity contribution < 1.29 is 9.90 Å². The molecule has 82 valence electrons. The van der Waals surface area contributed by atoms with Gasteiger partial charge in [-0.2, -0.15) is 0 Å². The Bertz CT molecular complexity index is 197. The lowest BCUT2D eigenvalue weighted by Gasteiger charge is -2.32. The minimum atomic E-state index is -0.325. The second kappa shape index (κ2) is 5.32. The zero-order valence-electron chi connectivity index (χ0n) is 8.99. The number of nitrogens with zero attached hydrogens (tertiary/aromatic N) is 1. The molecule has 1 heterocycles. The predicted octanol–water partition coefficient (Wildman–Crippen LogP) is -0.175. The van der Waals surface area contributed by atoms with E-state index in [-0.39, 0.29) is 17.9 Å². The maximum Gasteiger partial charge on any atom is 0.226 e. The van der Waals surface area contributed by atoms with E-state index in [9.17, 15) is 9.90 Å². The molecular formula is C10H20N2O2. The fourth-order valence-corrected chi connectivity index (χ4v) is 1.86. The molecule has 0 radical (unpaired) electrons. The van der Waals surface area contributed by atoms with Crippen LogP contribution in [0.5, 0.6) is 0 Å². The van der Waals surface area contributed by atoms with Gasteiger partial charge in [-0.05, 0) is 19.9 Å². The fraction of sp³-hybridized carbons (Fsp3) is 0.900. The Hall–Kier alpha value is -0.610. The van der Waals surface area contributed by atoms with E-state index in [4.69, 9.17) is 0 Å². The third-order valence-electron chi connectivity index (χ3n) is 2.64. The van der Waals surface area contributed by atoms with E-state index >= 15 is 0 Å². The number of likely N-dealkylation sites (tertiary alicyclic amines) is 1.